The van der Waals surface area contributed by atoms with Crippen molar-refractivity contribution in [2.24, 2.45) is 0 Å². The molecule has 3 heteroatoms. The van der Waals surface area contributed by atoms with Gasteiger partial charge in [-0.05, 0) is 36.6 Å². The first-order valence-electron chi connectivity index (χ1n) is 6.26. The summed E-state index contributed by atoms with van der Waals surface area (Å²) >= 11 is 0. The molecule has 3 nitrogen and oxygen atoms in total. The van der Waals surface area contributed by atoms with Gasteiger partial charge in [-0.1, -0.05) is 18.2 Å². The van der Waals surface area contributed by atoms with Gasteiger partial charge >= 0.3 is 0 Å². The molecular weight excluding hydrogens is 224 g/mol. The molecular formula is C15H20N2O. The van der Waals surface area contributed by atoms with Crippen molar-refractivity contribution in [1.29, 1.82) is 0 Å². The smallest absolute Gasteiger partial charge is 0.122 e. The lowest BCUT2D eigenvalue weighted by Gasteiger charge is -2.15. The number of para-hydroxylation sites is 1. The van der Waals surface area contributed by atoms with Crippen LogP contribution in [-0.4, -0.2) is 18.1 Å². The molecule has 0 spiro atoms. The maximum absolute atomic E-state index is 5.36. The summed E-state index contributed by atoms with van der Waals surface area (Å²) in [7, 11) is 1.72. The average molecular weight is 244 g/mol. The van der Waals surface area contributed by atoms with Crippen LogP contribution in [-0.2, 0) is 13.0 Å². The number of benzene rings is 1. The number of ether oxygens (including phenoxy) is 1. The van der Waals surface area contributed by atoms with Gasteiger partial charge in [0, 0.05) is 25.0 Å². The van der Waals surface area contributed by atoms with Gasteiger partial charge in [-0.3, -0.25) is 0 Å². The van der Waals surface area contributed by atoms with Crippen molar-refractivity contribution in [2.75, 3.05) is 7.11 Å². The van der Waals surface area contributed by atoms with Crippen molar-refractivity contribution < 1.29 is 4.74 Å². The number of aromatic nitrogens is 1. The van der Waals surface area contributed by atoms with Crippen molar-refractivity contribution in [2.45, 2.75) is 25.9 Å². The van der Waals surface area contributed by atoms with E-state index >= 15 is 0 Å². The molecule has 1 unspecified atom stereocenters. The molecule has 2 rings (SSSR count). The van der Waals surface area contributed by atoms with E-state index in [1.165, 1.54) is 11.1 Å². The van der Waals surface area contributed by atoms with E-state index in [1.54, 1.807) is 7.11 Å². The summed E-state index contributed by atoms with van der Waals surface area (Å²) in [5, 5.41) is 3.51. The maximum Gasteiger partial charge on any atom is 0.122 e. The summed E-state index contributed by atoms with van der Waals surface area (Å²) in [4.78, 5) is 3.06. The first-order valence-corrected chi connectivity index (χ1v) is 6.26. The zero-order chi connectivity index (χ0) is 12.8. The van der Waals surface area contributed by atoms with Crippen LogP contribution in [0.3, 0.4) is 0 Å². The van der Waals surface area contributed by atoms with Crippen molar-refractivity contribution in [3.8, 4) is 5.75 Å². The molecule has 0 amide bonds. The van der Waals surface area contributed by atoms with Crippen LogP contribution in [0, 0.1) is 0 Å². The van der Waals surface area contributed by atoms with E-state index in [0.29, 0.717) is 6.04 Å². The highest BCUT2D eigenvalue weighted by molar-refractivity contribution is 5.33. The van der Waals surface area contributed by atoms with Crippen LogP contribution in [0.15, 0.2) is 42.7 Å². The minimum atomic E-state index is 0.413. The van der Waals surface area contributed by atoms with E-state index in [-0.39, 0.29) is 0 Å². The fourth-order valence-corrected chi connectivity index (χ4v) is 2.03. The molecule has 0 saturated carbocycles. The van der Waals surface area contributed by atoms with Gasteiger partial charge in [-0.2, -0.15) is 0 Å². The van der Waals surface area contributed by atoms with Gasteiger partial charge in [0.25, 0.3) is 0 Å². The minimum absolute atomic E-state index is 0.413. The highest BCUT2D eigenvalue weighted by Gasteiger charge is 2.07. The fraction of sp³-hybridized carbons (Fsp3) is 0.333. The number of hydrogen-bond acceptors (Lipinski definition) is 2. The maximum atomic E-state index is 5.36. The Balaban J connectivity index is 1.88. The van der Waals surface area contributed by atoms with Gasteiger partial charge in [-0.15, -0.1) is 0 Å². The SMILES string of the molecule is COc1ccccc1CC(C)NCc1cc[nH]c1. The molecule has 0 bridgehead atoms. The molecule has 0 radical (unpaired) electrons. The highest BCUT2D eigenvalue weighted by Crippen LogP contribution is 2.18. The van der Waals surface area contributed by atoms with Crippen LogP contribution in [0.25, 0.3) is 0 Å². The van der Waals surface area contributed by atoms with Crippen LogP contribution in [0.1, 0.15) is 18.1 Å². The Labute approximate surface area is 108 Å². The first kappa shape index (κ1) is 12.7. The van der Waals surface area contributed by atoms with Crippen molar-refractivity contribution in [1.82, 2.24) is 10.3 Å². The third-order valence-corrected chi connectivity index (χ3v) is 3.04. The summed E-state index contributed by atoms with van der Waals surface area (Å²) in [6, 6.07) is 10.7. The molecule has 1 aromatic carbocycles. The summed E-state index contributed by atoms with van der Waals surface area (Å²) in [5.74, 6) is 0.966. The van der Waals surface area contributed by atoms with E-state index in [9.17, 15) is 0 Å². The first-order chi connectivity index (χ1) is 8.79. The van der Waals surface area contributed by atoms with Crippen molar-refractivity contribution in [3.05, 3.63) is 53.9 Å². The Bertz CT molecular complexity index is 465. The number of rotatable bonds is 6. The van der Waals surface area contributed by atoms with Crippen molar-refractivity contribution in [3.63, 3.8) is 0 Å². The van der Waals surface area contributed by atoms with E-state index in [1.807, 2.05) is 24.5 Å². The second-order valence-corrected chi connectivity index (χ2v) is 4.52. The summed E-state index contributed by atoms with van der Waals surface area (Å²) in [6.45, 7) is 3.08. The Kier molecular flexibility index (Phi) is 4.42. The predicted octanol–water partition coefficient (Wildman–Crippen LogP) is 2.74. The molecule has 96 valence electrons. The Morgan fingerprint density at radius 3 is 2.83 bits per heavy atom. The van der Waals surface area contributed by atoms with E-state index in [2.05, 4.69) is 35.4 Å². The van der Waals surface area contributed by atoms with Gasteiger partial charge in [0.15, 0.2) is 0 Å². The summed E-state index contributed by atoms with van der Waals surface area (Å²) < 4.78 is 5.36. The highest BCUT2D eigenvalue weighted by atomic mass is 16.5. The Morgan fingerprint density at radius 1 is 1.28 bits per heavy atom. The van der Waals surface area contributed by atoms with Gasteiger partial charge < -0.3 is 15.0 Å². The third kappa shape index (κ3) is 3.37. The molecule has 2 N–H and O–H groups in total. The molecule has 0 fully saturated rings. The van der Waals surface area contributed by atoms with Gasteiger partial charge in [0.05, 0.1) is 7.11 Å². The standard InChI is InChI=1S/C15H20N2O/c1-12(17-11-13-7-8-16-10-13)9-14-5-3-4-6-15(14)18-2/h3-8,10,12,16-17H,9,11H2,1-2H3. The third-order valence-electron chi connectivity index (χ3n) is 3.04. The number of nitrogens with one attached hydrogen (secondary N) is 2. The molecule has 1 atom stereocenters. The van der Waals surface area contributed by atoms with Crippen LogP contribution in [0.4, 0.5) is 0 Å². The van der Waals surface area contributed by atoms with Gasteiger partial charge in [-0.25, -0.2) is 0 Å². The van der Waals surface area contributed by atoms with E-state index < -0.39 is 0 Å². The van der Waals surface area contributed by atoms with E-state index in [0.717, 1.165) is 18.7 Å². The monoisotopic (exact) mass is 244 g/mol. The molecule has 1 heterocycles. The minimum Gasteiger partial charge on any atom is -0.496 e. The molecule has 1 aromatic heterocycles. The molecule has 0 aliphatic rings. The Morgan fingerprint density at radius 2 is 2.11 bits per heavy atom. The quantitative estimate of drug-likeness (QED) is 0.820. The number of H-pyrrole nitrogens is 1. The topological polar surface area (TPSA) is 37.0 Å². The number of aromatic amines is 1. The van der Waals surface area contributed by atoms with Gasteiger partial charge in [0.1, 0.15) is 5.75 Å². The lowest BCUT2D eigenvalue weighted by Crippen LogP contribution is -2.27. The molecule has 0 aliphatic carbocycles. The molecule has 0 aliphatic heterocycles. The fourth-order valence-electron chi connectivity index (χ4n) is 2.03. The number of methoxy groups -OCH3 is 1. The zero-order valence-corrected chi connectivity index (χ0v) is 10.9. The van der Waals surface area contributed by atoms with E-state index in [4.69, 9.17) is 4.74 Å². The van der Waals surface area contributed by atoms with Crippen LogP contribution < -0.4 is 10.1 Å². The number of hydrogen-bond donors (Lipinski definition) is 2. The molecule has 18 heavy (non-hydrogen) atoms. The second-order valence-electron chi connectivity index (χ2n) is 4.52. The van der Waals surface area contributed by atoms with Crippen LogP contribution in [0.2, 0.25) is 0 Å². The summed E-state index contributed by atoms with van der Waals surface area (Å²) in [5.41, 5.74) is 2.52. The largest absolute Gasteiger partial charge is 0.496 e. The zero-order valence-electron chi connectivity index (χ0n) is 10.9. The van der Waals surface area contributed by atoms with Crippen LogP contribution >= 0.6 is 0 Å². The Hall–Kier alpha value is -1.74. The van der Waals surface area contributed by atoms with Crippen LogP contribution in [0.5, 0.6) is 5.75 Å². The van der Waals surface area contributed by atoms with Crippen molar-refractivity contribution >= 4 is 0 Å². The second kappa shape index (κ2) is 6.26. The average Bonchev–Trinajstić information content (AvgIpc) is 2.90. The molecule has 2 aromatic rings. The lowest BCUT2D eigenvalue weighted by atomic mass is 10.1. The van der Waals surface area contributed by atoms with Gasteiger partial charge in [0.2, 0.25) is 0 Å². The molecule has 0 saturated heterocycles. The predicted molar refractivity (Wildman–Crippen MR) is 73.8 cm³/mol. The lowest BCUT2D eigenvalue weighted by molar-refractivity contribution is 0.406. The summed E-state index contributed by atoms with van der Waals surface area (Å²) in [6.07, 6.45) is 4.93. The normalized spacial score (nSPS) is 12.3.